The zero-order valence-corrected chi connectivity index (χ0v) is 11.3. The van der Waals surface area contributed by atoms with Crippen molar-refractivity contribution in [2.45, 2.75) is 13.1 Å². The molecule has 6 heteroatoms. The molecule has 0 spiro atoms. The Morgan fingerprint density at radius 1 is 1.14 bits per heavy atom. The molecule has 0 radical (unpaired) electrons. The Morgan fingerprint density at radius 2 is 2.00 bits per heavy atom. The van der Waals surface area contributed by atoms with E-state index in [1.165, 1.54) is 6.07 Å². The van der Waals surface area contributed by atoms with Crippen LogP contribution in [0, 0.1) is 5.82 Å². The SMILES string of the molecule is NCc1nnn(Cc2ccccc2F)c1-c1cccnc1. The molecule has 106 valence electrons. The van der Waals surface area contributed by atoms with Gasteiger partial charge in [0.05, 0.1) is 12.2 Å². The molecule has 2 N–H and O–H groups in total. The molecule has 0 aliphatic rings. The number of hydrogen-bond acceptors (Lipinski definition) is 4. The van der Waals surface area contributed by atoms with Crippen molar-refractivity contribution in [3.63, 3.8) is 0 Å². The van der Waals surface area contributed by atoms with E-state index in [0.717, 1.165) is 11.3 Å². The minimum atomic E-state index is -0.264. The second-order valence-electron chi connectivity index (χ2n) is 4.58. The minimum Gasteiger partial charge on any atom is -0.325 e. The molecule has 0 atom stereocenters. The summed E-state index contributed by atoms with van der Waals surface area (Å²) in [5.74, 6) is -0.264. The molecule has 0 bridgehead atoms. The van der Waals surface area contributed by atoms with Crippen LogP contribution in [0.5, 0.6) is 0 Å². The fourth-order valence-electron chi connectivity index (χ4n) is 2.20. The summed E-state index contributed by atoms with van der Waals surface area (Å²) in [7, 11) is 0. The number of nitrogens with zero attached hydrogens (tertiary/aromatic N) is 4. The summed E-state index contributed by atoms with van der Waals surface area (Å²) in [6, 6.07) is 10.3. The molecule has 0 aliphatic carbocycles. The van der Waals surface area contributed by atoms with Gasteiger partial charge in [-0.3, -0.25) is 4.98 Å². The summed E-state index contributed by atoms with van der Waals surface area (Å²) in [5.41, 5.74) is 8.56. The highest BCUT2D eigenvalue weighted by Gasteiger charge is 2.15. The van der Waals surface area contributed by atoms with Gasteiger partial charge in [0.25, 0.3) is 0 Å². The highest BCUT2D eigenvalue weighted by Crippen LogP contribution is 2.22. The first-order valence-electron chi connectivity index (χ1n) is 6.56. The molecule has 0 unspecified atom stereocenters. The van der Waals surface area contributed by atoms with Crippen LogP contribution in [0.1, 0.15) is 11.3 Å². The van der Waals surface area contributed by atoms with Crippen LogP contribution in [0.4, 0.5) is 4.39 Å². The minimum absolute atomic E-state index is 0.264. The fraction of sp³-hybridized carbons (Fsp3) is 0.133. The molecular formula is C15H14FN5. The van der Waals surface area contributed by atoms with E-state index in [9.17, 15) is 4.39 Å². The molecule has 0 saturated carbocycles. The summed E-state index contributed by atoms with van der Waals surface area (Å²) in [6.07, 6.45) is 3.41. The van der Waals surface area contributed by atoms with Crippen LogP contribution in [0.3, 0.4) is 0 Å². The van der Waals surface area contributed by atoms with E-state index in [4.69, 9.17) is 5.73 Å². The van der Waals surface area contributed by atoms with Gasteiger partial charge >= 0.3 is 0 Å². The standard InChI is InChI=1S/C15H14FN5/c16-13-6-2-1-4-12(13)10-21-15(14(8-17)19-20-21)11-5-3-7-18-9-11/h1-7,9H,8,10,17H2. The van der Waals surface area contributed by atoms with Crippen LogP contribution < -0.4 is 5.73 Å². The molecule has 0 aliphatic heterocycles. The average molecular weight is 283 g/mol. The number of nitrogens with two attached hydrogens (primary N) is 1. The molecule has 2 aromatic heterocycles. The first-order valence-corrected chi connectivity index (χ1v) is 6.56. The third-order valence-corrected chi connectivity index (χ3v) is 3.21. The number of rotatable bonds is 4. The summed E-state index contributed by atoms with van der Waals surface area (Å²) >= 11 is 0. The van der Waals surface area contributed by atoms with Crippen LogP contribution in [-0.2, 0) is 13.1 Å². The predicted octanol–water partition coefficient (Wildman–Crippen LogP) is 1.99. The second kappa shape index (κ2) is 5.80. The van der Waals surface area contributed by atoms with E-state index < -0.39 is 0 Å². The highest BCUT2D eigenvalue weighted by atomic mass is 19.1. The number of halogens is 1. The van der Waals surface area contributed by atoms with Crippen molar-refractivity contribution in [2.75, 3.05) is 0 Å². The van der Waals surface area contributed by atoms with Gasteiger partial charge in [0.1, 0.15) is 11.5 Å². The molecule has 5 nitrogen and oxygen atoms in total. The van der Waals surface area contributed by atoms with E-state index in [2.05, 4.69) is 15.3 Å². The number of pyridine rings is 1. The largest absolute Gasteiger partial charge is 0.325 e. The Morgan fingerprint density at radius 3 is 2.71 bits per heavy atom. The third-order valence-electron chi connectivity index (χ3n) is 3.21. The molecule has 3 aromatic rings. The van der Waals surface area contributed by atoms with Gasteiger partial charge in [-0.1, -0.05) is 23.4 Å². The number of hydrogen-bond donors (Lipinski definition) is 1. The maximum Gasteiger partial charge on any atom is 0.128 e. The lowest BCUT2D eigenvalue weighted by Crippen LogP contribution is -2.07. The quantitative estimate of drug-likeness (QED) is 0.795. The molecule has 0 amide bonds. The predicted molar refractivity (Wildman–Crippen MR) is 76.6 cm³/mol. The molecule has 2 heterocycles. The normalized spacial score (nSPS) is 10.8. The lowest BCUT2D eigenvalue weighted by molar-refractivity contribution is 0.579. The molecule has 21 heavy (non-hydrogen) atoms. The van der Waals surface area contributed by atoms with Gasteiger partial charge in [-0.25, -0.2) is 9.07 Å². The molecule has 1 aromatic carbocycles. The van der Waals surface area contributed by atoms with E-state index in [0.29, 0.717) is 17.8 Å². The van der Waals surface area contributed by atoms with Crippen LogP contribution in [0.2, 0.25) is 0 Å². The van der Waals surface area contributed by atoms with Gasteiger partial charge in [0, 0.05) is 30.1 Å². The Hall–Kier alpha value is -2.60. The van der Waals surface area contributed by atoms with Crippen LogP contribution >= 0.6 is 0 Å². The van der Waals surface area contributed by atoms with Gasteiger partial charge in [-0.2, -0.15) is 0 Å². The Bertz CT molecular complexity index is 739. The molecule has 0 fully saturated rings. The zero-order valence-electron chi connectivity index (χ0n) is 11.3. The Balaban J connectivity index is 2.04. The van der Waals surface area contributed by atoms with E-state index >= 15 is 0 Å². The fourth-order valence-corrected chi connectivity index (χ4v) is 2.20. The van der Waals surface area contributed by atoms with Crippen molar-refractivity contribution >= 4 is 0 Å². The van der Waals surface area contributed by atoms with Crippen molar-refractivity contribution in [1.29, 1.82) is 0 Å². The lowest BCUT2D eigenvalue weighted by atomic mass is 10.1. The smallest absolute Gasteiger partial charge is 0.128 e. The maximum absolute atomic E-state index is 13.8. The summed E-state index contributed by atoms with van der Waals surface area (Å²) < 4.78 is 15.4. The van der Waals surface area contributed by atoms with Crippen molar-refractivity contribution in [3.05, 3.63) is 65.9 Å². The molecule has 3 rings (SSSR count). The Kier molecular flexibility index (Phi) is 3.70. The van der Waals surface area contributed by atoms with Gasteiger partial charge in [-0.15, -0.1) is 5.10 Å². The topological polar surface area (TPSA) is 69.6 Å². The Labute approximate surface area is 121 Å². The monoisotopic (exact) mass is 283 g/mol. The van der Waals surface area contributed by atoms with Crippen LogP contribution in [0.25, 0.3) is 11.3 Å². The van der Waals surface area contributed by atoms with Gasteiger partial charge < -0.3 is 5.73 Å². The van der Waals surface area contributed by atoms with E-state index in [1.807, 2.05) is 12.1 Å². The van der Waals surface area contributed by atoms with Gasteiger partial charge in [0.2, 0.25) is 0 Å². The maximum atomic E-state index is 13.8. The zero-order chi connectivity index (χ0) is 14.7. The summed E-state index contributed by atoms with van der Waals surface area (Å²) in [6.45, 7) is 0.561. The summed E-state index contributed by atoms with van der Waals surface area (Å²) in [4.78, 5) is 4.10. The van der Waals surface area contributed by atoms with E-state index in [1.54, 1.807) is 35.3 Å². The van der Waals surface area contributed by atoms with Crippen molar-refractivity contribution in [1.82, 2.24) is 20.0 Å². The summed E-state index contributed by atoms with van der Waals surface area (Å²) in [5, 5.41) is 8.17. The molecular weight excluding hydrogens is 269 g/mol. The highest BCUT2D eigenvalue weighted by molar-refractivity contribution is 5.60. The van der Waals surface area contributed by atoms with Crippen LogP contribution in [-0.4, -0.2) is 20.0 Å². The van der Waals surface area contributed by atoms with Gasteiger partial charge in [0.15, 0.2) is 0 Å². The average Bonchev–Trinajstić information content (AvgIpc) is 2.93. The third kappa shape index (κ3) is 2.66. The first-order chi connectivity index (χ1) is 10.3. The number of benzene rings is 1. The van der Waals surface area contributed by atoms with E-state index in [-0.39, 0.29) is 12.4 Å². The number of aromatic nitrogens is 4. The van der Waals surface area contributed by atoms with Crippen molar-refractivity contribution < 1.29 is 4.39 Å². The van der Waals surface area contributed by atoms with Gasteiger partial charge in [-0.05, 0) is 18.2 Å². The lowest BCUT2D eigenvalue weighted by Gasteiger charge is -2.08. The first kappa shape index (κ1) is 13.4. The molecule has 0 saturated heterocycles. The van der Waals surface area contributed by atoms with Crippen LogP contribution in [0.15, 0.2) is 48.8 Å². The second-order valence-corrected chi connectivity index (χ2v) is 4.58. The van der Waals surface area contributed by atoms with Crippen molar-refractivity contribution in [3.8, 4) is 11.3 Å². The van der Waals surface area contributed by atoms with Crippen molar-refractivity contribution in [2.24, 2.45) is 5.73 Å².